The first-order valence-electron chi connectivity index (χ1n) is 5.72. The Balaban J connectivity index is 0.00000162. The van der Waals surface area contributed by atoms with Crippen molar-refractivity contribution in [2.24, 2.45) is 5.73 Å². The van der Waals surface area contributed by atoms with Crippen LogP contribution in [0.1, 0.15) is 34.0 Å². The predicted molar refractivity (Wildman–Crippen MR) is 75.5 cm³/mol. The Labute approximate surface area is 117 Å². The fourth-order valence-electron chi connectivity index (χ4n) is 1.65. The molecule has 1 aromatic rings. The van der Waals surface area contributed by atoms with Gasteiger partial charge >= 0.3 is 0 Å². The number of nitrogens with two attached hydrogens (primary N) is 1. The molecule has 6 heteroatoms. The molecule has 0 aromatic carbocycles. The fraction of sp³-hybridized carbons (Fsp3) is 0.583. The molecule has 1 aliphatic rings. The van der Waals surface area contributed by atoms with Crippen LogP contribution in [0.4, 0.5) is 0 Å². The summed E-state index contributed by atoms with van der Waals surface area (Å²) in [5.74, 6) is -0.0390. The maximum absolute atomic E-state index is 11.9. The molecular formula is C12H19ClN2O2S. The minimum Gasteiger partial charge on any atom is -0.376 e. The average molecular weight is 291 g/mol. The standard InChI is InChI=1S/C12H18N2O2S.ClH/c1-12(2,13)7-14-11(15)10-5-8-6-16-4-3-9(8)17-10;/h5H,3-4,6-7,13H2,1-2H3,(H,14,15);1H. The molecule has 102 valence electrons. The van der Waals surface area contributed by atoms with Crippen molar-refractivity contribution in [2.45, 2.75) is 32.4 Å². The van der Waals surface area contributed by atoms with E-state index in [-0.39, 0.29) is 23.9 Å². The molecule has 1 amide bonds. The highest BCUT2D eigenvalue weighted by Gasteiger charge is 2.19. The van der Waals surface area contributed by atoms with Gasteiger partial charge < -0.3 is 15.8 Å². The topological polar surface area (TPSA) is 64.3 Å². The van der Waals surface area contributed by atoms with E-state index >= 15 is 0 Å². The van der Waals surface area contributed by atoms with E-state index in [1.807, 2.05) is 19.9 Å². The Kier molecular flexibility index (Phi) is 5.16. The lowest BCUT2D eigenvalue weighted by Crippen LogP contribution is -2.44. The molecule has 0 saturated carbocycles. The Morgan fingerprint density at radius 3 is 2.94 bits per heavy atom. The third kappa shape index (κ3) is 3.95. The molecule has 1 aliphatic heterocycles. The van der Waals surface area contributed by atoms with Crippen molar-refractivity contribution in [1.82, 2.24) is 5.32 Å². The van der Waals surface area contributed by atoms with Crippen LogP contribution in [0.15, 0.2) is 6.07 Å². The number of carbonyl (C=O) groups is 1. The highest BCUT2D eigenvalue weighted by Crippen LogP contribution is 2.26. The van der Waals surface area contributed by atoms with Crippen LogP contribution in [-0.4, -0.2) is 24.6 Å². The van der Waals surface area contributed by atoms with Crippen molar-refractivity contribution >= 4 is 29.7 Å². The van der Waals surface area contributed by atoms with Crippen LogP contribution in [0, 0.1) is 0 Å². The van der Waals surface area contributed by atoms with Gasteiger partial charge in [0.15, 0.2) is 0 Å². The average Bonchev–Trinajstić information content (AvgIpc) is 2.68. The number of hydrogen-bond acceptors (Lipinski definition) is 4. The van der Waals surface area contributed by atoms with Gasteiger partial charge in [0.25, 0.3) is 5.91 Å². The number of carbonyl (C=O) groups excluding carboxylic acids is 1. The lowest BCUT2D eigenvalue weighted by Gasteiger charge is -2.18. The van der Waals surface area contributed by atoms with E-state index in [2.05, 4.69) is 5.32 Å². The smallest absolute Gasteiger partial charge is 0.261 e. The van der Waals surface area contributed by atoms with Gasteiger partial charge in [0, 0.05) is 23.4 Å². The van der Waals surface area contributed by atoms with Gasteiger partial charge in [-0.15, -0.1) is 23.7 Å². The molecule has 2 heterocycles. The molecule has 2 rings (SSSR count). The van der Waals surface area contributed by atoms with Crippen LogP contribution < -0.4 is 11.1 Å². The van der Waals surface area contributed by atoms with Crippen molar-refractivity contribution in [3.8, 4) is 0 Å². The van der Waals surface area contributed by atoms with Crippen molar-refractivity contribution in [3.63, 3.8) is 0 Å². The van der Waals surface area contributed by atoms with E-state index in [9.17, 15) is 4.79 Å². The molecule has 18 heavy (non-hydrogen) atoms. The van der Waals surface area contributed by atoms with E-state index in [1.54, 1.807) is 11.3 Å². The second-order valence-corrected chi connectivity index (χ2v) is 6.17. The van der Waals surface area contributed by atoms with Crippen molar-refractivity contribution < 1.29 is 9.53 Å². The number of thiophene rings is 1. The largest absolute Gasteiger partial charge is 0.376 e. The summed E-state index contributed by atoms with van der Waals surface area (Å²) in [5, 5.41) is 2.85. The Morgan fingerprint density at radius 1 is 1.61 bits per heavy atom. The zero-order valence-electron chi connectivity index (χ0n) is 10.6. The van der Waals surface area contributed by atoms with E-state index in [0.717, 1.165) is 23.5 Å². The highest BCUT2D eigenvalue weighted by molar-refractivity contribution is 7.14. The van der Waals surface area contributed by atoms with Gasteiger partial charge in [-0.2, -0.15) is 0 Å². The molecule has 0 aliphatic carbocycles. The van der Waals surface area contributed by atoms with Gasteiger partial charge in [-0.25, -0.2) is 0 Å². The fourth-order valence-corrected chi connectivity index (χ4v) is 2.72. The first-order chi connectivity index (χ1) is 7.96. The third-order valence-electron chi connectivity index (χ3n) is 2.56. The summed E-state index contributed by atoms with van der Waals surface area (Å²) in [4.78, 5) is 13.9. The Bertz CT molecular complexity index is 403. The summed E-state index contributed by atoms with van der Waals surface area (Å²) in [7, 11) is 0. The summed E-state index contributed by atoms with van der Waals surface area (Å²) in [6.45, 7) is 5.64. The zero-order valence-corrected chi connectivity index (χ0v) is 12.2. The lowest BCUT2D eigenvalue weighted by molar-refractivity contribution is 0.0949. The van der Waals surface area contributed by atoms with Crippen LogP contribution in [-0.2, 0) is 17.8 Å². The summed E-state index contributed by atoms with van der Waals surface area (Å²) < 4.78 is 5.36. The van der Waals surface area contributed by atoms with Crippen LogP contribution >= 0.6 is 23.7 Å². The highest BCUT2D eigenvalue weighted by atomic mass is 35.5. The molecule has 0 radical (unpaired) electrons. The third-order valence-corrected chi connectivity index (χ3v) is 3.79. The molecule has 3 N–H and O–H groups in total. The van der Waals surface area contributed by atoms with Gasteiger partial charge in [0.05, 0.1) is 18.1 Å². The Hall–Kier alpha value is -0.620. The Morgan fingerprint density at radius 2 is 2.33 bits per heavy atom. The number of nitrogens with one attached hydrogen (secondary N) is 1. The van der Waals surface area contributed by atoms with Crippen molar-refractivity contribution in [3.05, 3.63) is 21.4 Å². The SMILES string of the molecule is CC(C)(N)CNC(=O)c1cc2c(s1)CCOC2.Cl. The number of hydrogen-bond donors (Lipinski definition) is 2. The van der Waals surface area contributed by atoms with E-state index in [4.69, 9.17) is 10.5 Å². The summed E-state index contributed by atoms with van der Waals surface area (Å²) in [6.07, 6.45) is 0.912. The number of halogens is 1. The molecule has 0 unspecified atom stereocenters. The summed E-state index contributed by atoms with van der Waals surface area (Å²) in [6, 6.07) is 1.93. The van der Waals surface area contributed by atoms with Crippen LogP contribution in [0.2, 0.25) is 0 Å². The second-order valence-electron chi connectivity index (χ2n) is 5.03. The minimum atomic E-state index is -0.379. The molecule has 0 atom stereocenters. The first-order valence-corrected chi connectivity index (χ1v) is 6.54. The zero-order chi connectivity index (χ0) is 12.5. The van der Waals surface area contributed by atoms with E-state index < -0.39 is 0 Å². The monoisotopic (exact) mass is 290 g/mol. The van der Waals surface area contributed by atoms with Crippen LogP contribution in [0.3, 0.4) is 0 Å². The molecule has 4 nitrogen and oxygen atoms in total. The summed E-state index contributed by atoms with van der Waals surface area (Å²) in [5.41, 5.74) is 6.60. The first kappa shape index (κ1) is 15.4. The molecule has 0 bridgehead atoms. The van der Waals surface area contributed by atoms with E-state index in [1.165, 1.54) is 4.88 Å². The number of ether oxygens (including phenoxy) is 1. The van der Waals surface area contributed by atoms with Crippen LogP contribution in [0.25, 0.3) is 0 Å². The van der Waals surface area contributed by atoms with Gasteiger partial charge in [0.2, 0.25) is 0 Å². The molecule has 1 aromatic heterocycles. The number of fused-ring (bicyclic) bond motifs is 1. The van der Waals surface area contributed by atoms with Crippen molar-refractivity contribution in [1.29, 1.82) is 0 Å². The maximum Gasteiger partial charge on any atom is 0.261 e. The van der Waals surface area contributed by atoms with E-state index in [0.29, 0.717) is 13.2 Å². The maximum atomic E-state index is 11.9. The summed E-state index contributed by atoms with van der Waals surface area (Å²) >= 11 is 1.56. The molecular weight excluding hydrogens is 272 g/mol. The predicted octanol–water partition coefficient (Wildman–Crippen LogP) is 1.71. The van der Waals surface area contributed by atoms with Gasteiger partial charge in [-0.1, -0.05) is 0 Å². The van der Waals surface area contributed by atoms with Crippen LogP contribution in [0.5, 0.6) is 0 Å². The second kappa shape index (κ2) is 6.02. The minimum absolute atomic E-state index is 0. The van der Waals surface area contributed by atoms with Gasteiger partial charge in [-0.05, 0) is 25.5 Å². The lowest BCUT2D eigenvalue weighted by atomic mass is 10.1. The normalized spacial score (nSPS) is 14.6. The quantitative estimate of drug-likeness (QED) is 0.891. The van der Waals surface area contributed by atoms with Gasteiger partial charge in [-0.3, -0.25) is 4.79 Å². The molecule has 0 fully saturated rings. The number of amides is 1. The molecule has 0 spiro atoms. The van der Waals surface area contributed by atoms with Crippen molar-refractivity contribution in [2.75, 3.05) is 13.2 Å². The number of rotatable bonds is 3. The van der Waals surface area contributed by atoms with Gasteiger partial charge in [0.1, 0.15) is 0 Å². The molecule has 0 saturated heterocycles.